The van der Waals surface area contributed by atoms with E-state index in [1.54, 1.807) is 6.20 Å². The third-order valence-corrected chi connectivity index (χ3v) is 5.38. The number of esters is 1. The molecule has 2 aromatic rings. The van der Waals surface area contributed by atoms with Crippen molar-refractivity contribution in [1.29, 1.82) is 0 Å². The molecule has 6 nitrogen and oxygen atoms in total. The van der Waals surface area contributed by atoms with Crippen LogP contribution in [-0.4, -0.2) is 28.1 Å². The first-order valence-corrected chi connectivity index (χ1v) is 9.48. The SMILES string of the molecule is Cc1ccc2cnn(C3CCCCO3)c2c1OC(=O)C1CCCCC1=O. The summed E-state index contributed by atoms with van der Waals surface area (Å²) in [6.45, 7) is 2.62. The van der Waals surface area contributed by atoms with Gasteiger partial charge in [0.15, 0.2) is 12.0 Å². The molecule has 6 heteroatoms. The molecule has 0 N–H and O–H groups in total. The molecule has 2 heterocycles. The van der Waals surface area contributed by atoms with E-state index in [9.17, 15) is 9.59 Å². The molecule has 2 unspecified atom stereocenters. The van der Waals surface area contributed by atoms with Crippen molar-refractivity contribution in [2.24, 2.45) is 5.92 Å². The summed E-state index contributed by atoms with van der Waals surface area (Å²) in [6, 6.07) is 3.89. The smallest absolute Gasteiger partial charge is 0.321 e. The Labute approximate surface area is 152 Å². The normalized spacial score (nSPS) is 24.0. The van der Waals surface area contributed by atoms with Crippen LogP contribution in [0.4, 0.5) is 0 Å². The monoisotopic (exact) mass is 356 g/mol. The molecule has 2 aliphatic rings. The molecule has 2 fully saturated rings. The number of ketones is 1. The lowest BCUT2D eigenvalue weighted by molar-refractivity contribution is -0.145. The fourth-order valence-corrected chi connectivity index (χ4v) is 3.88. The molecule has 1 aromatic heterocycles. The Morgan fingerprint density at radius 2 is 2.08 bits per heavy atom. The summed E-state index contributed by atoms with van der Waals surface area (Å²) >= 11 is 0. The molecule has 1 aromatic carbocycles. The number of aromatic nitrogens is 2. The Kier molecular flexibility index (Phi) is 4.76. The van der Waals surface area contributed by atoms with Gasteiger partial charge in [-0.2, -0.15) is 5.10 Å². The maximum absolute atomic E-state index is 12.7. The number of rotatable bonds is 3. The number of hydrogen-bond donors (Lipinski definition) is 0. The van der Waals surface area contributed by atoms with Gasteiger partial charge in [0.25, 0.3) is 0 Å². The van der Waals surface area contributed by atoms with Crippen molar-refractivity contribution >= 4 is 22.7 Å². The molecule has 1 aliphatic heterocycles. The summed E-state index contributed by atoms with van der Waals surface area (Å²) in [6.07, 6.45) is 7.47. The predicted molar refractivity (Wildman–Crippen MR) is 95.9 cm³/mol. The van der Waals surface area contributed by atoms with Gasteiger partial charge in [-0.3, -0.25) is 9.59 Å². The van der Waals surface area contributed by atoms with Crippen molar-refractivity contribution in [3.63, 3.8) is 0 Å². The second-order valence-electron chi connectivity index (χ2n) is 7.25. The molecule has 138 valence electrons. The molecule has 4 rings (SSSR count). The van der Waals surface area contributed by atoms with Crippen LogP contribution < -0.4 is 4.74 Å². The summed E-state index contributed by atoms with van der Waals surface area (Å²) in [5.74, 6) is -0.587. The highest BCUT2D eigenvalue weighted by Crippen LogP contribution is 2.35. The van der Waals surface area contributed by atoms with Gasteiger partial charge in [0, 0.05) is 18.4 Å². The first kappa shape index (κ1) is 17.2. The van der Waals surface area contributed by atoms with E-state index in [2.05, 4.69) is 5.10 Å². The van der Waals surface area contributed by atoms with Gasteiger partial charge >= 0.3 is 5.97 Å². The fraction of sp³-hybridized carbons (Fsp3) is 0.550. The Morgan fingerprint density at radius 3 is 2.85 bits per heavy atom. The number of ether oxygens (including phenoxy) is 2. The van der Waals surface area contributed by atoms with Crippen LogP contribution in [0, 0.1) is 12.8 Å². The van der Waals surface area contributed by atoms with Gasteiger partial charge in [0.2, 0.25) is 0 Å². The molecule has 0 bridgehead atoms. The molecule has 26 heavy (non-hydrogen) atoms. The zero-order valence-electron chi connectivity index (χ0n) is 15.1. The maximum Gasteiger partial charge on any atom is 0.321 e. The quantitative estimate of drug-likeness (QED) is 0.476. The zero-order valence-corrected chi connectivity index (χ0v) is 15.1. The van der Waals surface area contributed by atoms with E-state index in [1.165, 1.54) is 0 Å². The second-order valence-corrected chi connectivity index (χ2v) is 7.25. The van der Waals surface area contributed by atoms with Crippen LogP contribution in [-0.2, 0) is 14.3 Å². The van der Waals surface area contributed by atoms with E-state index in [1.807, 2.05) is 23.7 Å². The van der Waals surface area contributed by atoms with Gasteiger partial charge in [-0.1, -0.05) is 18.6 Å². The fourth-order valence-electron chi connectivity index (χ4n) is 3.88. The minimum absolute atomic E-state index is 0.00444. The standard InChI is InChI=1S/C20H24N2O4/c1-13-9-10-14-12-21-22(17-8-4-5-11-25-17)18(14)19(13)26-20(24)15-6-2-3-7-16(15)23/h9-10,12,15,17H,2-8,11H2,1H3. The topological polar surface area (TPSA) is 70.4 Å². The van der Waals surface area contributed by atoms with E-state index in [-0.39, 0.29) is 12.0 Å². The lowest BCUT2D eigenvalue weighted by Crippen LogP contribution is -2.31. The second kappa shape index (κ2) is 7.19. The minimum atomic E-state index is -0.638. The number of benzene rings is 1. The lowest BCUT2D eigenvalue weighted by Gasteiger charge is -2.24. The van der Waals surface area contributed by atoms with Crippen LogP contribution in [0.2, 0.25) is 0 Å². The van der Waals surface area contributed by atoms with E-state index in [0.29, 0.717) is 25.2 Å². The minimum Gasteiger partial charge on any atom is -0.423 e. The Bertz CT molecular complexity index is 836. The molecule has 1 saturated heterocycles. The number of carbonyl (C=O) groups is 2. The molecule has 0 spiro atoms. The van der Waals surface area contributed by atoms with Gasteiger partial charge in [-0.15, -0.1) is 0 Å². The van der Waals surface area contributed by atoms with E-state index >= 15 is 0 Å². The van der Waals surface area contributed by atoms with Gasteiger partial charge in [0.1, 0.15) is 17.2 Å². The summed E-state index contributed by atoms with van der Waals surface area (Å²) in [7, 11) is 0. The van der Waals surface area contributed by atoms with Crippen LogP contribution in [0.1, 0.15) is 56.7 Å². The third kappa shape index (κ3) is 3.14. The number of Topliss-reactive ketones (excluding diaryl/α,β-unsaturated/α-hetero) is 1. The summed E-state index contributed by atoms with van der Waals surface area (Å²) < 4.78 is 13.5. The predicted octanol–water partition coefficient (Wildman–Crippen LogP) is 3.71. The van der Waals surface area contributed by atoms with Crippen LogP contribution >= 0.6 is 0 Å². The summed E-state index contributed by atoms with van der Waals surface area (Å²) in [4.78, 5) is 24.8. The van der Waals surface area contributed by atoms with Crippen molar-refractivity contribution in [2.45, 2.75) is 58.1 Å². The first-order chi connectivity index (χ1) is 12.6. The van der Waals surface area contributed by atoms with Crippen molar-refractivity contribution < 1.29 is 19.1 Å². The zero-order chi connectivity index (χ0) is 18.1. The van der Waals surface area contributed by atoms with Crippen LogP contribution in [0.5, 0.6) is 5.75 Å². The Balaban J connectivity index is 1.69. The van der Waals surface area contributed by atoms with E-state index in [0.717, 1.165) is 48.6 Å². The summed E-state index contributed by atoms with van der Waals surface area (Å²) in [5.41, 5.74) is 1.63. The van der Waals surface area contributed by atoms with E-state index in [4.69, 9.17) is 9.47 Å². The summed E-state index contributed by atoms with van der Waals surface area (Å²) in [5, 5.41) is 5.39. The van der Waals surface area contributed by atoms with Crippen molar-refractivity contribution in [1.82, 2.24) is 9.78 Å². The lowest BCUT2D eigenvalue weighted by atomic mass is 9.88. The van der Waals surface area contributed by atoms with Gasteiger partial charge in [-0.25, -0.2) is 4.68 Å². The maximum atomic E-state index is 12.7. The number of hydrogen-bond acceptors (Lipinski definition) is 5. The molecule has 0 radical (unpaired) electrons. The average molecular weight is 356 g/mol. The molecule has 1 aliphatic carbocycles. The molecule has 0 amide bonds. The highest BCUT2D eigenvalue weighted by molar-refractivity contribution is 6.01. The molecule has 2 atom stereocenters. The average Bonchev–Trinajstić information content (AvgIpc) is 3.09. The third-order valence-electron chi connectivity index (χ3n) is 5.38. The van der Waals surface area contributed by atoms with Crippen molar-refractivity contribution in [3.05, 3.63) is 23.9 Å². The number of nitrogens with zero attached hydrogens (tertiary/aromatic N) is 2. The number of aryl methyl sites for hydroxylation is 1. The van der Waals surface area contributed by atoms with Crippen molar-refractivity contribution in [2.75, 3.05) is 6.61 Å². The Morgan fingerprint density at radius 1 is 1.23 bits per heavy atom. The van der Waals surface area contributed by atoms with Gasteiger partial charge < -0.3 is 9.47 Å². The van der Waals surface area contributed by atoms with Crippen molar-refractivity contribution in [3.8, 4) is 5.75 Å². The van der Waals surface area contributed by atoms with Gasteiger partial charge in [-0.05, 0) is 44.6 Å². The van der Waals surface area contributed by atoms with Crippen LogP contribution in [0.3, 0.4) is 0 Å². The van der Waals surface area contributed by atoms with Crippen LogP contribution in [0.25, 0.3) is 10.9 Å². The largest absolute Gasteiger partial charge is 0.423 e. The highest BCUT2D eigenvalue weighted by atomic mass is 16.5. The molecule has 1 saturated carbocycles. The van der Waals surface area contributed by atoms with Gasteiger partial charge in [0.05, 0.1) is 6.20 Å². The Hall–Kier alpha value is -2.21. The molecular formula is C20H24N2O4. The van der Waals surface area contributed by atoms with Crippen LogP contribution in [0.15, 0.2) is 18.3 Å². The first-order valence-electron chi connectivity index (χ1n) is 9.48. The number of carbonyl (C=O) groups excluding carboxylic acids is 2. The van der Waals surface area contributed by atoms with E-state index < -0.39 is 11.9 Å². The number of fused-ring (bicyclic) bond motifs is 1. The highest BCUT2D eigenvalue weighted by Gasteiger charge is 2.32. The molecular weight excluding hydrogens is 332 g/mol.